The molecule has 1 amide bonds. The third kappa shape index (κ3) is 3.05. The van der Waals surface area contributed by atoms with Gasteiger partial charge in [0.1, 0.15) is 11.6 Å². The molecule has 0 saturated carbocycles. The first-order chi connectivity index (χ1) is 7.54. The number of carbonyl (C=O) groups excluding carboxylic acids is 2. The van der Waals surface area contributed by atoms with Crippen molar-refractivity contribution in [3.05, 3.63) is 29.6 Å². The van der Waals surface area contributed by atoms with Crippen LogP contribution in [-0.4, -0.2) is 18.8 Å². The van der Waals surface area contributed by atoms with Gasteiger partial charge in [-0.05, 0) is 18.2 Å². The van der Waals surface area contributed by atoms with Crippen LogP contribution in [0.25, 0.3) is 0 Å². The van der Waals surface area contributed by atoms with Crippen molar-refractivity contribution < 1.29 is 18.7 Å². The van der Waals surface area contributed by atoms with Gasteiger partial charge >= 0.3 is 0 Å². The zero-order valence-corrected chi connectivity index (χ0v) is 8.77. The van der Waals surface area contributed by atoms with Gasteiger partial charge in [-0.3, -0.25) is 9.59 Å². The predicted octanol–water partition coefficient (Wildman–Crippen LogP) is 1.14. The number of primary amides is 1. The number of nitrogens with two attached hydrogens (primary N) is 1. The van der Waals surface area contributed by atoms with Crippen molar-refractivity contribution in [2.45, 2.75) is 6.92 Å². The molecule has 0 aliphatic carbocycles. The van der Waals surface area contributed by atoms with Gasteiger partial charge < -0.3 is 10.5 Å². The van der Waals surface area contributed by atoms with E-state index in [0.717, 1.165) is 6.07 Å². The molecule has 0 saturated heterocycles. The summed E-state index contributed by atoms with van der Waals surface area (Å²) in [6.07, 6.45) is 0.493. The van der Waals surface area contributed by atoms with Crippen molar-refractivity contribution in [2.75, 3.05) is 6.61 Å². The number of ether oxygens (including phenoxy) is 1. The summed E-state index contributed by atoms with van der Waals surface area (Å²) < 4.78 is 18.0. The molecule has 4 nitrogen and oxygen atoms in total. The molecule has 16 heavy (non-hydrogen) atoms. The van der Waals surface area contributed by atoms with E-state index in [1.54, 1.807) is 6.92 Å². The van der Waals surface area contributed by atoms with Gasteiger partial charge in [-0.2, -0.15) is 0 Å². The zero-order valence-electron chi connectivity index (χ0n) is 8.77. The summed E-state index contributed by atoms with van der Waals surface area (Å²) in [6.45, 7) is 1.66. The molecule has 0 bridgehead atoms. The maximum Gasteiger partial charge on any atom is 0.223 e. The Hall–Kier alpha value is -1.91. The van der Waals surface area contributed by atoms with Gasteiger partial charge in [-0.25, -0.2) is 4.39 Å². The number of rotatable bonds is 5. The fourth-order valence-corrected chi connectivity index (χ4v) is 1.04. The highest BCUT2D eigenvalue weighted by Gasteiger charge is 2.11. The quantitative estimate of drug-likeness (QED) is 0.764. The summed E-state index contributed by atoms with van der Waals surface area (Å²) in [4.78, 5) is 21.4. The first kappa shape index (κ1) is 12.2. The Morgan fingerprint density at radius 3 is 2.88 bits per heavy atom. The lowest BCUT2D eigenvalue weighted by Crippen LogP contribution is -2.26. The smallest absolute Gasteiger partial charge is 0.223 e. The number of halogens is 1. The average Bonchev–Trinajstić information content (AvgIpc) is 2.26. The van der Waals surface area contributed by atoms with Crippen LogP contribution in [0.4, 0.5) is 4.39 Å². The monoisotopic (exact) mass is 225 g/mol. The SMILES string of the molecule is CC(COc1ccc(F)cc1C=O)C(N)=O. The van der Waals surface area contributed by atoms with Crippen LogP contribution in [0.3, 0.4) is 0 Å². The highest BCUT2D eigenvalue weighted by molar-refractivity contribution is 5.79. The van der Waals surface area contributed by atoms with Gasteiger partial charge in [0.2, 0.25) is 5.91 Å². The van der Waals surface area contributed by atoms with E-state index in [1.165, 1.54) is 12.1 Å². The first-order valence-corrected chi connectivity index (χ1v) is 4.71. The molecule has 1 aromatic rings. The second-order valence-corrected chi connectivity index (χ2v) is 3.41. The van der Waals surface area contributed by atoms with Crippen molar-refractivity contribution in [1.82, 2.24) is 0 Å². The number of hydrogen-bond acceptors (Lipinski definition) is 3. The van der Waals surface area contributed by atoms with Crippen LogP contribution < -0.4 is 10.5 Å². The molecule has 0 radical (unpaired) electrons. The van der Waals surface area contributed by atoms with E-state index in [2.05, 4.69) is 0 Å². The third-order valence-electron chi connectivity index (χ3n) is 2.07. The van der Waals surface area contributed by atoms with Gasteiger partial charge in [0.15, 0.2) is 6.29 Å². The van der Waals surface area contributed by atoms with Crippen LogP contribution in [0, 0.1) is 11.7 Å². The molecule has 0 fully saturated rings. The summed E-state index contributed by atoms with van der Waals surface area (Å²) in [5.74, 6) is -1.23. The fraction of sp³-hybridized carbons (Fsp3) is 0.273. The summed E-state index contributed by atoms with van der Waals surface area (Å²) in [7, 11) is 0. The van der Waals surface area contributed by atoms with E-state index in [9.17, 15) is 14.0 Å². The third-order valence-corrected chi connectivity index (χ3v) is 2.07. The minimum absolute atomic E-state index is 0.0573. The van der Waals surface area contributed by atoms with Crippen LogP contribution in [0.5, 0.6) is 5.75 Å². The molecule has 0 aliphatic rings. The van der Waals surface area contributed by atoms with Crippen molar-refractivity contribution in [1.29, 1.82) is 0 Å². The Morgan fingerprint density at radius 1 is 1.62 bits per heavy atom. The molecule has 1 aromatic carbocycles. The van der Waals surface area contributed by atoms with Crippen molar-refractivity contribution in [2.24, 2.45) is 11.7 Å². The summed E-state index contributed by atoms with van der Waals surface area (Å²) in [6, 6.07) is 3.58. The minimum Gasteiger partial charge on any atom is -0.492 e. The van der Waals surface area contributed by atoms with Gasteiger partial charge in [0.25, 0.3) is 0 Å². The Bertz CT molecular complexity index is 406. The largest absolute Gasteiger partial charge is 0.492 e. The van der Waals surface area contributed by atoms with Crippen LogP contribution in [-0.2, 0) is 4.79 Å². The number of aldehydes is 1. The number of amides is 1. The maximum atomic E-state index is 12.8. The topological polar surface area (TPSA) is 69.4 Å². The first-order valence-electron chi connectivity index (χ1n) is 4.71. The van der Waals surface area contributed by atoms with E-state index in [-0.39, 0.29) is 17.9 Å². The lowest BCUT2D eigenvalue weighted by molar-refractivity contribution is -0.122. The van der Waals surface area contributed by atoms with Crippen LogP contribution >= 0.6 is 0 Å². The lowest BCUT2D eigenvalue weighted by Gasteiger charge is -2.11. The molecule has 2 N–H and O–H groups in total. The highest BCUT2D eigenvalue weighted by atomic mass is 19.1. The molecule has 0 spiro atoms. The molecular weight excluding hydrogens is 213 g/mol. The van der Waals surface area contributed by atoms with Crippen LogP contribution in [0.1, 0.15) is 17.3 Å². The zero-order chi connectivity index (χ0) is 12.1. The van der Waals surface area contributed by atoms with Gasteiger partial charge in [-0.15, -0.1) is 0 Å². The molecule has 1 atom stereocenters. The number of benzene rings is 1. The normalized spacial score (nSPS) is 11.9. The van der Waals surface area contributed by atoms with Gasteiger partial charge in [0, 0.05) is 0 Å². The second kappa shape index (κ2) is 5.25. The van der Waals surface area contributed by atoms with E-state index < -0.39 is 17.6 Å². The molecule has 0 heterocycles. The standard InChI is InChI=1S/C11H12FNO3/c1-7(11(13)15)6-16-10-3-2-9(12)4-8(10)5-14/h2-5,7H,6H2,1H3,(H2,13,15). The van der Waals surface area contributed by atoms with E-state index >= 15 is 0 Å². The molecule has 1 rings (SSSR count). The average molecular weight is 225 g/mol. The fourth-order valence-electron chi connectivity index (χ4n) is 1.04. The second-order valence-electron chi connectivity index (χ2n) is 3.41. The molecule has 0 aromatic heterocycles. The molecular formula is C11H12FNO3. The molecule has 1 unspecified atom stereocenters. The molecule has 5 heteroatoms. The highest BCUT2D eigenvalue weighted by Crippen LogP contribution is 2.18. The summed E-state index contributed by atoms with van der Waals surface area (Å²) in [5.41, 5.74) is 5.15. The number of carbonyl (C=O) groups is 2. The molecule has 0 aliphatic heterocycles. The minimum atomic E-state index is -0.516. The van der Waals surface area contributed by atoms with E-state index in [0.29, 0.717) is 6.29 Å². The Balaban J connectivity index is 2.74. The number of hydrogen-bond donors (Lipinski definition) is 1. The van der Waals surface area contributed by atoms with Gasteiger partial charge in [-0.1, -0.05) is 6.92 Å². The maximum absolute atomic E-state index is 12.8. The van der Waals surface area contributed by atoms with Crippen molar-refractivity contribution in [3.63, 3.8) is 0 Å². The molecule has 86 valence electrons. The predicted molar refractivity (Wildman–Crippen MR) is 55.6 cm³/mol. The van der Waals surface area contributed by atoms with Crippen molar-refractivity contribution in [3.8, 4) is 5.75 Å². The lowest BCUT2D eigenvalue weighted by atomic mass is 10.2. The Morgan fingerprint density at radius 2 is 2.31 bits per heavy atom. The van der Waals surface area contributed by atoms with Gasteiger partial charge in [0.05, 0.1) is 18.1 Å². The van der Waals surface area contributed by atoms with E-state index in [4.69, 9.17) is 10.5 Å². The van der Waals surface area contributed by atoms with Crippen molar-refractivity contribution >= 4 is 12.2 Å². The summed E-state index contributed by atoms with van der Waals surface area (Å²) >= 11 is 0. The van der Waals surface area contributed by atoms with E-state index in [1.807, 2.05) is 0 Å². The van der Waals surface area contributed by atoms with Crippen LogP contribution in [0.15, 0.2) is 18.2 Å². The Labute approximate surface area is 92.2 Å². The Kier molecular flexibility index (Phi) is 3.99. The summed E-state index contributed by atoms with van der Waals surface area (Å²) in [5, 5.41) is 0. The van der Waals surface area contributed by atoms with Crippen LogP contribution in [0.2, 0.25) is 0 Å².